The summed E-state index contributed by atoms with van der Waals surface area (Å²) in [6.07, 6.45) is -3.62. The van der Waals surface area contributed by atoms with Crippen LogP contribution in [0.3, 0.4) is 0 Å². The minimum atomic E-state index is -4.64. The number of ether oxygens (including phenoxy) is 1. The molecule has 6 nitrogen and oxygen atoms in total. The first-order valence-corrected chi connectivity index (χ1v) is 11.9. The van der Waals surface area contributed by atoms with Gasteiger partial charge in [-0.25, -0.2) is 12.8 Å². The predicted molar refractivity (Wildman–Crippen MR) is 111 cm³/mol. The van der Waals surface area contributed by atoms with E-state index >= 15 is 0 Å². The molecule has 176 valence electrons. The highest BCUT2D eigenvalue weighted by Gasteiger charge is 2.82. The Morgan fingerprint density at radius 2 is 1.73 bits per heavy atom. The second kappa shape index (κ2) is 7.82. The van der Waals surface area contributed by atoms with Gasteiger partial charge in [-0.3, -0.25) is 9.80 Å². The number of hydrogen-bond acceptors (Lipinski definition) is 6. The Hall–Kier alpha value is -2.95. The molecule has 0 spiro atoms. The normalized spacial score (nSPS) is 24.3. The smallest absolute Gasteiger partial charge is 0.395 e. The van der Waals surface area contributed by atoms with Gasteiger partial charge in [-0.05, 0) is 42.3 Å². The fraction of sp³-hybridized carbons (Fsp3) is 0.364. The van der Waals surface area contributed by atoms with E-state index in [-0.39, 0.29) is 28.3 Å². The lowest BCUT2D eigenvalue weighted by Crippen LogP contribution is -2.31. The Morgan fingerprint density at radius 3 is 2.24 bits per heavy atom. The molecule has 0 bridgehead atoms. The molecule has 4 rings (SSSR count). The third-order valence-corrected chi connectivity index (χ3v) is 7.06. The quantitative estimate of drug-likeness (QED) is 0.465. The van der Waals surface area contributed by atoms with Crippen molar-refractivity contribution >= 4 is 21.5 Å². The molecule has 1 aliphatic carbocycles. The maximum absolute atomic E-state index is 14.2. The highest BCUT2D eigenvalue weighted by Crippen LogP contribution is 2.67. The number of rotatable bonds is 6. The summed E-state index contributed by atoms with van der Waals surface area (Å²) < 4.78 is 84.6. The van der Waals surface area contributed by atoms with Gasteiger partial charge < -0.3 is 4.74 Å². The van der Waals surface area contributed by atoms with Gasteiger partial charge >= 0.3 is 12.1 Å². The molecule has 3 unspecified atom stereocenters. The summed E-state index contributed by atoms with van der Waals surface area (Å²) in [5.41, 5.74) is -1.17. The lowest BCUT2D eigenvalue weighted by Gasteiger charge is -2.21. The molecule has 1 heterocycles. The summed E-state index contributed by atoms with van der Waals surface area (Å²) in [5, 5.41) is 5.41. The molecule has 2 aromatic carbocycles. The number of fused-ring (bicyclic) bond motifs is 1. The highest BCUT2D eigenvalue weighted by molar-refractivity contribution is 7.90. The highest BCUT2D eigenvalue weighted by atomic mass is 32.2. The number of hydrogen-bond donors (Lipinski definition) is 0. The average Bonchev–Trinajstić information content (AvgIpc) is 3.34. The van der Waals surface area contributed by atoms with E-state index in [2.05, 4.69) is 5.10 Å². The van der Waals surface area contributed by atoms with E-state index in [0.29, 0.717) is 0 Å². The van der Waals surface area contributed by atoms with Crippen molar-refractivity contribution in [3.8, 4) is 0 Å². The second-order valence-electron chi connectivity index (χ2n) is 7.99. The number of alkyl halides is 3. The number of hydrazone groups is 1. The van der Waals surface area contributed by atoms with Gasteiger partial charge in [-0.15, -0.1) is 0 Å². The van der Waals surface area contributed by atoms with Crippen molar-refractivity contribution in [1.82, 2.24) is 5.01 Å². The van der Waals surface area contributed by atoms with E-state index in [0.717, 1.165) is 23.4 Å². The van der Waals surface area contributed by atoms with Crippen LogP contribution in [-0.2, 0) is 24.8 Å². The zero-order valence-corrected chi connectivity index (χ0v) is 18.5. The van der Waals surface area contributed by atoms with E-state index in [4.69, 9.17) is 4.74 Å². The number of carbonyl (C=O) groups excluding carboxylic acids is 1. The van der Waals surface area contributed by atoms with Gasteiger partial charge in [0.2, 0.25) is 0 Å². The third kappa shape index (κ3) is 3.88. The second-order valence-corrected chi connectivity index (χ2v) is 10.0. The summed E-state index contributed by atoms with van der Waals surface area (Å²) >= 11 is 0. The molecule has 0 amide bonds. The number of carbonyl (C=O) groups is 1. The Kier molecular flexibility index (Phi) is 5.50. The zero-order chi connectivity index (χ0) is 24.2. The standard InChI is InChI=1S/C22H20F4N2O4S/c1-3-32-17(29)12-28-20-18(22(24,25)26)21(20,14-6-8-15(23)9-7-14)19(27-28)13-4-10-16(11-5-13)33(2,30)31/h4-11,18,20H,3,12H2,1-2H3. The van der Waals surface area contributed by atoms with Gasteiger partial charge in [0, 0.05) is 6.26 Å². The van der Waals surface area contributed by atoms with Crippen LogP contribution in [0.5, 0.6) is 0 Å². The van der Waals surface area contributed by atoms with Crippen LogP contribution in [0.1, 0.15) is 18.1 Å². The molecule has 1 fully saturated rings. The van der Waals surface area contributed by atoms with E-state index in [1.165, 1.54) is 36.4 Å². The van der Waals surface area contributed by atoms with Crippen molar-refractivity contribution in [3.63, 3.8) is 0 Å². The number of nitrogens with zero attached hydrogens (tertiary/aromatic N) is 2. The average molecular weight is 484 g/mol. The first kappa shape index (κ1) is 23.2. The van der Waals surface area contributed by atoms with E-state index in [1.807, 2.05) is 0 Å². The molecule has 0 radical (unpaired) electrons. The maximum atomic E-state index is 14.2. The minimum absolute atomic E-state index is 0.00350. The Balaban J connectivity index is 1.86. The van der Waals surface area contributed by atoms with Gasteiger partial charge in [0.05, 0.1) is 34.6 Å². The van der Waals surface area contributed by atoms with Crippen LogP contribution in [0.25, 0.3) is 0 Å². The van der Waals surface area contributed by atoms with E-state index < -0.39 is 51.7 Å². The van der Waals surface area contributed by atoms with Crippen LogP contribution in [0, 0.1) is 11.7 Å². The van der Waals surface area contributed by atoms with Gasteiger partial charge in [0.15, 0.2) is 9.84 Å². The monoisotopic (exact) mass is 484 g/mol. The van der Waals surface area contributed by atoms with Crippen molar-refractivity contribution < 1.29 is 35.5 Å². The number of benzene rings is 2. The van der Waals surface area contributed by atoms with Crippen molar-refractivity contribution in [2.24, 2.45) is 11.0 Å². The molecular formula is C22H20F4N2O4S. The lowest BCUT2D eigenvalue weighted by molar-refractivity contribution is -0.158. The van der Waals surface area contributed by atoms with Crippen molar-refractivity contribution in [2.45, 2.75) is 29.5 Å². The fourth-order valence-corrected chi connectivity index (χ4v) is 5.25. The summed E-state index contributed by atoms with van der Waals surface area (Å²) in [6, 6.07) is 8.84. The van der Waals surface area contributed by atoms with Gasteiger partial charge in [-0.2, -0.15) is 18.3 Å². The molecule has 2 aliphatic rings. The summed E-state index contributed by atoms with van der Waals surface area (Å²) in [4.78, 5) is 12.1. The molecule has 3 atom stereocenters. The number of sulfone groups is 1. The van der Waals surface area contributed by atoms with Crippen LogP contribution in [-0.4, -0.2) is 56.7 Å². The molecule has 1 saturated carbocycles. The van der Waals surface area contributed by atoms with E-state index in [1.54, 1.807) is 6.92 Å². The first-order chi connectivity index (χ1) is 15.4. The zero-order valence-electron chi connectivity index (χ0n) is 17.6. The Morgan fingerprint density at radius 1 is 1.12 bits per heavy atom. The van der Waals surface area contributed by atoms with Gasteiger partial charge in [0.1, 0.15) is 12.4 Å². The fourth-order valence-electron chi connectivity index (χ4n) is 4.62. The van der Waals surface area contributed by atoms with E-state index in [9.17, 15) is 30.8 Å². The number of esters is 1. The van der Waals surface area contributed by atoms with Crippen LogP contribution in [0.2, 0.25) is 0 Å². The summed E-state index contributed by atoms with van der Waals surface area (Å²) in [6.45, 7) is 1.16. The third-order valence-electron chi connectivity index (χ3n) is 5.93. The summed E-state index contributed by atoms with van der Waals surface area (Å²) in [5.74, 6) is -3.23. The van der Waals surface area contributed by atoms with Crippen molar-refractivity contribution in [2.75, 3.05) is 19.4 Å². The molecule has 11 heteroatoms. The molecule has 2 aromatic rings. The topological polar surface area (TPSA) is 76.0 Å². The van der Waals surface area contributed by atoms with Gasteiger partial charge in [-0.1, -0.05) is 24.3 Å². The molecule has 0 aromatic heterocycles. The first-order valence-electron chi connectivity index (χ1n) is 10.0. The Labute approximate surface area is 187 Å². The van der Waals surface area contributed by atoms with Crippen molar-refractivity contribution in [3.05, 3.63) is 65.5 Å². The van der Waals surface area contributed by atoms with Crippen LogP contribution in [0.15, 0.2) is 58.5 Å². The van der Waals surface area contributed by atoms with Crippen LogP contribution >= 0.6 is 0 Å². The molecule has 0 saturated heterocycles. The molecular weight excluding hydrogens is 464 g/mol. The molecule has 0 N–H and O–H groups in total. The predicted octanol–water partition coefficient (Wildman–Crippen LogP) is 3.31. The molecule has 1 aliphatic heterocycles. The van der Waals surface area contributed by atoms with Gasteiger partial charge in [0.25, 0.3) is 0 Å². The molecule has 33 heavy (non-hydrogen) atoms. The SMILES string of the molecule is CCOC(=O)CN1N=C(c2ccc(S(C)(=O)=O)cc2)C2(c3ccc(F)cc3)C1C2C(F)(F)F. The lowest BCUT2D eigenvalue weighted by atomic mass is 9.84. The number of halogens is 4. The van der Waals surface area contributed by atoms with Crippen molar-refractivity contribution in [1.29, 1.82) is 0 Å². The minimum Gasteiger partial charge on any atom is -0.465 e. The summed E-state index contributed by atoms with van der Waals surface area (Å²) in [7, 11) is -3.52. The maximum Gasteiger partial charge on any atom is 0.395 e. The Bertz CT molecular complexity index is 1210. The van der Waals surface area contributed by atoms with Crippen LogP contribution in [0.4, 0.5) is 17.6 Å². The van der Waals surface area contributed by atoms with Crippen LogP contribution < -0.4 is 0 Å². The largest absolute Gasteiger partial charge is 0.465 e.